The van der Waals surface area contributed by atoms with Crippen molar-refractivity contribution in [1.29, 1.82) is 0 Å². The third-order valence-corrected chi connectivity index (χ3v) is 8.14. The molecule has 0 saturated heterocycles. The maximum atomic E-state index is 15.9. The first-order valence-electron chi connectivity index (χ1n) is 13.2. The number of phenols is 1. The van der Waals surface area contributed by atoms with E-state index in [1.807, 2.05) is 13.8 Å². The van der Waals surface area contributed by atoms with Crippen molar-refractivity contribution >= 4 is 23.2 Å². The van der Waals surface area contributed by atoms with Crippen LogP contribution in [0, 0.1) is 23.6 Å². The molecule has 0 radical (unpaired) electrons. The Balaban J connectivity index is 1.85. The van der Waals surface area contributed by atoms with E-state index < -0.39 is 93.7 Å². The molecule has 41 heavy (non-hydrogen) atoms. The molecule has 1 fully saturated rings. The average molecular weight is 582 g/mol. The van der Waals surface area contributed by atoms with Crippen molar-refractivity contribution in [3.63, 3.8) is 0 Å². The number of alkyl halides is 2. The molecule has 0 bridgehead atoms. The molecule has 0 spiro atoms. The van der Waals surface area contributed by atoms with Crippen LogP contribution in [0.1, 0.15) is 37.0 Å². The van der Waals surface area contributed by atoms with Gasteiger partial charge >= 0.3 is 0 Å². The summed E-state index contributed by atoms with van der Waals surface area (Å²) in [6.07, 6.45) is -3.10. The molecular weight excluding hydrogens is 547 g/mol. The fraction of sp³-hybridized carbons (Fsp3) is 0.536. The number of nitrogens with zero attached hydrogens (tertiary/aromatic N) is 2. The predicted octanol–water partition coefficient (Wildman–Crippen LogP) is 1.83. The second-order valence-electron chi connectivity index (χ2n) is 11.7. The highest BCUT2D eigenvalue weighted by Gasteiger charge is 2.64. The number of aliphatic hydroxyl groups excluding tert-OH is 2. The van der Waals surface area contributed by atoms with E-state index in [2.05, 4.69) is 0 Å². The highest BCUT2D eigenvalue weighted by molar-refractivity contribution is 6.24. The van der Waals surface area contributed by atoms with E-state index in [1.54, 1.807) is 0 Å². The molecule has 3 aliphatic rings. The molecule has 4 rings (SSSR count). The number of Topliss-reactive ketones (excluding diaryl/α,β-unsaturated/α-hetero) is 2. The van der Waals surface area contributed by atoms with E-state index in [-0.39, 0.29) is 43.0 Å². The Morgan fingerprint density at radius 3 is 2.34 bits per heavy atom. The van der Waals surface area contributed by atoms with Crippen molar-refractivity contribution in [3.8, 4) is 5.75 Å². The van der Waals surface area contributed by atoms with Crippen LogP contribution in [-0.2, 0) is 27.3 Å². The van der Waals surface area contributed by atoms with Gasteiger partial charge in [-0.2, -0.15) is 0 Å². The van der Waals surface area contributed by atoms with Crippen LogP contribution in [0.25, 0.3) is 5.76 Å². The monoisotopic (exact) mass is 581 g/mol. The summed E-state index contributed by atoms with van der Waals surface area (Å²) in [7, 11) is 2.94. The van der Waals surface area contributed by atoms with Gasteiger partial charge in [0.2, 0.25) is 5.78 Å². The number of carbonyl (C=O) groups excluding carboxylic acids is 3. The van der Waals surface area contributed by atoms with Crippen LogP contribution in [0.15, 0.2) is 23.0 Å². The van der Waals surface area contributed by atoms with Gasteiger partial charge in [0, 0.05) is 35.7 Å². The summed E-state index contributed by atoms with van der Waals surface area (Å²) < 4.78 is 42.3. The van der Waals surface area contributed by atoms with E-state index >= 15 is 4.39 Å². The molecule has 3 aliphatic carbocycles. The standard InChI is InChI=1S/C28H34F3N3O7/c1-11(2)8-34(10-17(29)30)9-13-7-16(35)19-14(21(13)31)5-12-6-15-22(33(3)4)24(37)20(27(32)40)26(39)28(15,41)25(38)18(12)23(19)36/h7,11-12,15,17,22,35-36,39,41H,5-6,8-10H2,1-4H3,(H2,32,40)/t12-,15-,22-,28-/m0/s1. The summed E-state index contributed by atoms with van der Waals surface area (Å²) in [6.45, 7) is 3.01. The highest BCUT2D eigenvalue weighted by Crippen LogP contribution is 2.53. The maximum absolute atomic E-state index is 15.9. The van der Waals surface area contributed by atoms with Gasteiger partial charge in [0.25, 0.3) is 12.3 Å². The van der Waals surface area contributed by atoms with E-state index in [4.69, 9.17) is 5.73 Å². The molecule has 13 heteroatoms. The molecule has 224 valence electrons. The molecule has 1 aromatic rings. The van der Waals surface area contributed by atoms with E-state index in [0.29, 0.717) is 0 Å². The van der Waals surface area contributed by atoms with Gasteiger partial charge in [-0.25, -0.2) is 13.2 Å². The number of phenolic OH excluding ortho intramolecular Hbond substituents is 1. The second-order valence-corrected chi connectivity index (χ2v) is 11.7. The molecule has 1 aromatic carbocycles. The first-order valence-corrected chi connectivity index (χ1v) is 13.2. The molecule has 10 nitrogen and oxygen atoms in total. The number of halogens is 3. The SMILES string of the molecule is CC(C)CN(Cc1cc(O)c2c(c1F)C[C@H]1C[C@H]3[C@H](N(C)C)C(=O)C(C(N)=O)=C(O)[C@@]3(O)C(=O)C1=C2O)CC(F)F. The molecule has 0 aromatic heterocycles. The minimum atomic E-state index is -2.80. The number of hydrogen-bond donors (Lipinski definition) is 5. The topological polar surface area (TPSA) is 165 Å². The number of aromatic hydroxyl groups is 1. The van der Waals surface area contributed by atoms with Gasteiger partial charge in [-0.3, -0.25) is 24.2 Å². The zero-order chi connectivity index (χ0) is 30.7. The lowest BCUT2D eigenvalue weighted by atomic mass is 9.57. The zero-order valence-corrected chi connectivity index (χ0v) is 23.1. The number of nitrogens with two attached hydrogens (primary N) is 1. The number of carbonyl (C=O) groups is 3. The van der Waals surface area contributed by atoms with Crippen LogP contribution >= 0.6 is 0 Å². The van der Waals surface area contributed by atoms with Gasteiger partial charge in [0.1, 0.15) is 28.7 Å². The first kappa shape index (κ1) is 30.5. The Hall–Kier alpha value is -3.42. The smallest absolute Gasteiger partial charge is 0.255 e. The zero-order valence-electron chi connectivity index (χ0n) is 23.1. The Labute approximate surface area is 234 Å². The van der Waals surface area contributed by atoms with Crippen LogP contribution in [-0.4, -0.2) is 93.0 Å². The van der Waals surface area contributed by atoms with Crippen LogP contribution in [0.4, 0.5) is 13.2 Å². The number of aliphatic hydroxyl groups is 3. The van der Waals surface area contributed by atoms with Crippen molar-refractivity contribution in [2.24, 2.45) is 23.5 Å². The molecule has 4 atom stereocenters. The summed E-state index contributed by atoms with van der Waals surface area (Å²) in [5, 5.41) is 44.5. The Morgan fingerprint density at radius 1 is 1.17 bits per heavy atom. The fourth-order valence-electron chi connectivity index (χ4n) is 6.62. The molecule has 1 amide bonds. The average Bonchev–Trinajstić information content (AvgIpc) is 2.83. The Kier molecular flexibility index (Phi) is 8.02. The number of likely N-dealkylation sites (N-methyl/N-ethyl adjacent to an activating group) is 1. The lowest BCUT2D eigenvalue weighted by molar-refractivity contribution is -0.153. The highest BCUT2D eigenvalue weighted by atomic mass is 19.3. The third-order valence-electron chi connectivity index (χ3n) is 8.14. The Morgan fingerprint density at radius 2 is 1.80 bits per heavy atom. The van der Waals surface area contributed by atoms with Crippen LogP contribution in [0.3, 0.4) is 0 Å². The quantitative estimate of drug-likeness (QED) is 0.288. The lowest BCUT2D eigenvalue weighted by Crippen LogP contribution is -2.65. The number of hydrogen-bond acceptors (Lipinski definition) is 9. The fourth-order valence-corrected chi connectivity index (χ4v) is 6.62. The Bertz CT molecular complexity index is 1360. The van der Waals surface area contributed by atoms with Crippen molar-refractivity contribution in [1.82, 2.24) is 9.80 Å². The number of benzene rings is 1. The molecule has 6 N–H and O–H groups in total. The van der Waals surface area contributed by atoms with Crippen LogP contribution in [0.5, 0.6) is 5.75 Å². The molecular formula is C28H34F3N3O7. The van der Waals surface area contributed by atoms with Gasteiger partial charge in [-0.1, -0.05) is 13.8 Å². The van der Waals surface area contributed by atoms with Crippen molar-refractivity contribution in [2.75, 3.05) is 27.2 Å². The van der Waals surface area contributed by atoms with Gasteiger partial charge in [0.15, 0.2) is 11.4 Å². The molecule has 0 aliphatic heterocycles. The van der Waals surface area contributed by atoms with E-state index in [0.717, 1.165) is 6.07 Å². The number of primary amides is 1. The van der Waals surface area contributed by atoms with Gasteiger partial charge < -0.3 is 26.2 Å². The molecule has 0 unspecified atom stereocenters. The summed E-state index contributed by atoms with van der Waals surface area (Å²) in [5.41, 5.74) is 0.539. The first-order chi connectivity index (χ1) is 19.0. The van der Waals surface area contributed by atoms with Gasteiger partial charge in [0.05, 0.1) is 18.2 Å². The van der Waals surface area contributed by atoms with E-state index in [1.165, 1.54) is 23.9 Å². The summed E-state index contributed by atoms with van der Waals surface area (Å²) in [4.78, 5) is 41.7. The van der Waals surface area contributed by atoms with Crippen molar-refractivity contribution in [2.45, 2.75) is 51.3 Å². The van der Waals surface area contributed by atoms with E-state index in [9.17, 15) is 43.6 Å². The van der Waals surface area contributed by atoms with Crippen LogP contribution in [0.2, 0.25) is 0 Å². The number of rotatable bonds is 8. The van der Waals surface area contributed by atoms with Crippen molar-refractivity contribution in [3.05, 3.63) is 45.5 Å². The minimum Gasteiger partial charge on any atom is -0.508 e. The maximum Gasteiger partial charge on any atom is 0.255 e. The van der Waals surface area contributed by atoms with Crippen LogP contribution < -0.4 is 5.73 Å². The number of amides is 1. The summed E-state index contributed by atoms with van der Waals surface area (Å²) in [5.74, 6) is -9.20. The second kappa shape index (κ2) is 10.8. The lowest BCUT2D eigenvalue weighted by Gasteiger charge is -2.50. The van der Waals surface area contributed by atoms with Gasteiger partial charge in [-0.15, -0.1) is 0 Å². The third kappa shape index (κ3) is 4.89. The molecule has 1 saturated carbocycles. The molecule has 0 heterocycles. The minimum absolute atomic E-state index is 0.00652. The predicted molar refractivity (Wildman–Crippen MR) is 140 cm³/mol. The number of ketones is 2. The van der Waals surface area contributed by atoms with Crippen molar-refractivity contribution < 1.29 is 48.0 Å². The summed E-state index contributed by atoms with van der Waals surface area (Å²) >= 11 is 0. The normalized spacial score (nSPS) is 26.3. The largest absolute Gasteiger partial charge is 0.508 e. The van der Waals surface area contributed by atoms with Gasteiger partial charge in [-0.05, 0) is 44.8 Å². The summed E-state index contributed by atoms with van der Waals surface area (Å²) in [6, 6.07) is -0.269. The number of fused-ring (bicyclic) bond motifs is 3.